The van der Waals surface area contributed by atoms with Crippen LogP contribution in [0.1, 0.15) is 26.5 Å². The zero-order valence-electron chi connectivity index (χ0n) is 11.3. The molecule has 0 aliphatic heterocycles. The van der Waals surface area contributed by atoms with Crippen LogP contribution in [0.5, 0.6) is 0 Å². The van der Waals surface area contributed by atoms with Crippen LogP contribution in [0.2, 0.25) is 0 Å². The van der Waals surface area contributed by atoms with E-state index >= 15 is 0 Å². The monoisotopic (exact) mass is 271 g/mol. The first-order chi connectivity index (χ1) is 8.97. The number of anilines is 1. The fraction of sp³-hybridized carbons (Fsp3) is 0.267. The number of nitrogen functional groups attached to an aromatic ring is 1. The summed E-state index contributed by atoms with van der Waals surface area (Å²) < 4.78 is 0. The molecule has 3 rings (SSSR count). The number of benzene rings is 1. The highest BCUT2D eigenvalue weighted by molar-refractivity contribution is 7.13. The van der Waals surface area contributed by atoms with Gasteiger partial charge in [0.05, 0.1) is 5.69 Å². The third kappa shape index (κ3) is 2.02. The molecule has 0 aliphatic carbocycles. The van der Waals surface area contributed by atoms with Crippen LogP contribution in [-0.4, -0.2) is 9.97 Å². The number of hydrogen-bond acceptors (Lipinski definition) is 3. The zero-order chi connectivity index (χ0) is 13.6. The molecule has 0 saturated carbocycles. The minimum atomic E-state index is 0.0345. The average Bonchev–Trinajstić information content (AvgIpc) is 2.91. The summed E-state index contributed by atoms with van der Waals surface area (Å²) in [5.74, 6) is 0. The minimum Gasteiger partial charge on any atom is -0.375 e. The molecule has 0 atom stereocenters. The van der Waals surface area contributed by atoms with Crippen LogP contribution >= 0.6 is 11.3 Å². The number of aromatic amines is 1. The Hall–Kier alpha value is -1.81. The zero-order valence-corrected chi connectivity index (χ0v) is 12.1. The van der Waals surface area contributed by atoms with Crippen molar-refractivity contribution in [1.29, 1.82) is 0 Å². The number of nitrogens with one attached hydrogen (secondary N) is 1. The summed E-state index contributed by atoms with van der Waals surface area (Å²) in [6.45, 7) is 6.62. The number of H-pyrrole nitrogens is 1. The lowest BCUT2D eigenvalue weighted by molar-refractivity contribution is 0.576. The Morgan fingerprint density at radius 3 is 2.58 bits per heavy atom. The van der Waals surface area contributed by atoms with Gasteiger partial charge in [-0.15, -0.1) is 11.3 Å². The Labute approximate surface area is 116 Å². The number of nitrogens with two attached hydrogens (primary N) is 1. The van der Waals surface area contributed by atoms with E-state index in [2.05, 4.69) is 48.9 Å². The highest BCUT2D eigenvalue weighted by Crippen LogP contribution is 2.38. The van der Waals surface area contributed by atoms with E-state index in [1.54, 1.807) is 0 Å². The van der Waals surface area contributed by atoms with Crippen molar-refractivity contribution in [3.8, 4) is 11.3 Å². The fourth-order valence-corrected chi connectivity index (χ4v) is 2.93. The minimum absolute atomic E-state index is 0.0345. The van der Waals surface area contributed by atoms with Crippen LogP contribution < -0.4 is 5.73 Å². The van der Waals surface area contributed by atoms with Gasteiger partial charge in [0.2, 0.25) is 0 Å². The van der Waals surface area contributed by atoms with E-state index in [-0.39, 0.29) is 5.41 Å². The van der Waals surface area contributed by atoms with Gasteiger partial charge in [-0.1, -0.05) is 39.0 Å². The smallest absolute Gasteiger partial charge is 0.180 e. The number of rotatable bonds is 1. The van der Waals surface area contributed by atoms with E-state index in [9.17, 15) is 0 Å². The van der Waals surface area contributed by atoms with E-state index in [0.29, 0.717) is 5.13 Å². The van der Waals surface area contributed by atoms with Gasteiger partial charge in [0.1, 0.15) is 0 Å². The maximum atomic E-state index is 5.79. The molecular formula is C15H17N3S. The lowest BCUT2D eigenvalue weighted by atomic mass is 9.88. The molecule has 2 aromatic heterocycles. The molecule has 1 aromatic carbocycles. The number of thiazole rings is 1. The Morgan fingerprint density at radius 1 is 1.21 bits per heavy atom. The Balaban J connectivity index is 2.37. The number of para-hydroxylation sites is 1. The standard InChI is InChI=1S/C15H17N3S/c1-15(2,3)13-12(11-8-19-14(16)18-11)9-6-4-5-7-10(9)17-13/h4-8,17H,1-3H3,(H2,16,18). The van der Waals surface area contributed by atoms with Crippen molar-refractivity contribution >= 4 is 27.4 Å². The lowest BCUT2D eigenvalue weighted by Crippen LogP contribution is -2.13. The molecule has 0 spiro atoms. The summed E-state index contributed by atoms with van der Waals surface area (Å²) in [6, 6.07) is 8.34. The molecular weight excluding hydrogens is 254 g/mol. The molecule has 3 N–H and O–H groups in total. The summed E-state index contributed by atoms with van der Waals surface area (Å²) in [6.07, 6.45) is 0. The van der Waals surface area contributed by atoms with Gasteiger partial charge >= 0.3 is 0 Å². The molecule has 98 valence electrons. The first-order valence-corrected chi connectivity index (χ1v) is 7.17. The largest absolute Gasteiger partial charge is 0.375 e. The number of nitrogens with zero attached hydrogens (tertiary/aromatic N) is 1. The van der Waals surface area contributed by atoms with Crippen LogP contribution in [0.4, 0.5) is 5.13 Å². The molecule has 3 aromatic rings. The fourth-order valence-electron chi connectivity index (χ4n) is 2.37. The quantitative estimate of drug-likeness (QED) is 0.698. The summed E-state index contributed by atoms with van der Waals surface area (Å²) in [5, 5.41) is 3.85. The molecule has 0 bridgehead atoms. The van der Waals surface area contributed by atoms with E-state index in [1.165, 1.54) is 28.0 Å². The molecule has 0 amide bonds. The van der Waals surface area contributed by atoms with Crippen LogP contribution in [0.25, 0.3) is 22.2 Å². The molecule has 2 heterocycles. The van der Waals surface area contributed by atoms with Crippen molar-refractivity contribution in [3.63, 3.8) is 0 Å². The van der Waals surface area contributed by atoms with Crippen molar-refractivity contribution in [2.24, 2.45) is 0 Å². The molecule has 4 heteroatoms. The van der Waals surface area contributed by atoms with Gasteiger partial charge in [-0.05, 0) is 6.07 Å². The maximum Gasteiger partial charge on any atom is 0.180 e. The number of hydrogen-bond donors (Lipinski definition) is 2. The second-order valence-corrected chi connectivity index (χ2v) is 6.63. The average molecular weight is 271 g/mol. The van der Waals surface area contributed by atoms with Crippen molar-refractivity contribution in [3.05, 3.63) is 35.3 Å². The summed E-state index contributed by atoms with van der Waals surface area (Å²) in [5.41, 5.74) is 10.3. The predicted octanol–water partition coefficient (Wildman–Crippen LogP) is 4.17. The van der Waals surface area contributed by atoms with Crippen molar-refractivity contribution in [2.45, 2.75) is 26.2 Å². The predicted molar refractivity (Wildman–Crippen MR) is 82.5 cm³/mol. The SMILES string of the molecule is CC(C)(C)c1[nH]c2ccccc2c1-c1csc(N)n1. The van der Waals surface area contributed by atoms with Gasteiger partial charge in [-0.3, -0.25) is 0 Å². The van der Waals surface area contributed by atoms with Gasteiger partial charge in [0.25, 0.3) is 0 Å². The van der Waals surface area contributed by atoms with Crippen LogP contribution in [0.3, 0.4) is 0 Å². The van der Waals surface area contributed by atoms with Crippen LogP contribution in [0.15, 0.2) is 29.6 Å². The highest BCUT2D eigenvalue weighted by atomic mass is 32.1. The van der Waals surface area contributed by atoms with E-state index in [1.807, 2.05) is 11.4 Å². The molecule has 0 unspecified atom stereocenters. The van der Waals surface area contributed by atoms with Crippen molar-refractivity contribution in [1.82, 2.24) is 9.97 Å². The summed E-state index contributed by atoms with van der Waals surface area (Å²) in [7, 11) is 0. The molecule has 3 nitrogen and oxygen atoms in total. The van der Waals surface area contributed by atoms with Gasteiger partial charge in [0, 0.05) is 33.0 Å². The van der Waals surface area contributed by atoms with Crippen LogP contribution in [-0.2, 0) is 5.41 Å². The summed E-state index contributed by atoms with van der Waals surface area (Å²) in [4.78, 5) is 7.99. The van der Waals surface area contributed by atoms with Crippen molar-refractivity contribution < 1.29 is 0 Å². The first-order valence-electron chi connectivity index (χ1n) is 6.29. The van der Waals surface area contributed by atoms with Gasteiger partial charge < -0.3 is 10.7 Å². The molecule has 19 heavy (non-hydrogen) atoms. The lowest BCUT2D eigenvalue weighted by Gasteiger charge is -2.18. The van der Waals surface area contributed by atoms with Crippen LogP contribution in [0, 0.1) is 0 Å². The second-order valence-electron chi connectivity index (χ2n) is 5.74. The third-order valence-electron chi connectivity index (χ3n) is 3.23. The Bertz CT molecular complexity index is 731. The Kier molecular flexibility index (Phi) is 2.64. The van der Waals surface area contributed by atoms with Gasteiger partial charge in [-0.2, -0.15) is 0 Å². The molecule has 0 fully saturated rings. The van der Waals surface area contributed by atoms with Gasteiger partial charge in [-0.25, -0.2) is 4.98 Å². The van der Waals surface area contributed by atoms with E-state index < -0.39 is 0 Å². The summed E-state index contributed by atoms with van der Waals surface area (Å²) >= 11 is 1.48. The van der Waals surface area contributed by atoms with E-state index in [0.717, 1.165) is 11.2 Å². The number of aromatic nitrogens is 2. The maximum absolute atomic E-state index is 5.79. The second kappa shape index (κ2) is 4.10. The van der Waals surface area contributed by atoms with Gasteiger partial charge in [0.15, 0.2) is 5.13 Å². The van der Waals surface area contributed by atoms with Crippen molar-refractivity contribution in [2.75, 3.05) is 5.73 Å². The molecule has 0 aliphatic rings. The topological polar surface area (TPSA) is 54.7 Å². The highest BCUT2D eigenvalue weighted by Gasteiger charge is 2.24. The first kappa shape index (κ1) is 12.2. The number of fused-ring (bicyclic) bond motifs is 1. The molecule has 0 saturated heterocycles. The molecule has 0 radical (unpaired) electrons. The third-order valence-corrected chi connectivity index (χ3v) is 3.91. The Morgan fingerprint density at radius 2 is 1.95 bits per heavy atom. The van der Waals surface area contributed by atoms with E-state index in [4.69, 9.17) is 5.73 Å². The normalized spacial score (nSPS) is 12.2.